The van der Waals surface area contributed by atoms with Gasteiger partial charge in [-0.15, -0.1) is 0 Å². The van der Waals surface area contributed by atoms with E-state index in [1.165, 1.54) is 12.1 Å². The van der Waals surface area contributed by atoms with Crippen LogP contribution in [0.4, 0.5) is 4.39 Å². The van der Waals surface area contributed by atoms with Gasteiger partial charge in [0.15, 0.2) is 0 Å². The van der Waals surface area contributed by atoms with Crippen LogP contribution in [0.2, 0.25) is 0 Å². The Morgan fingerprint density at radius 2 is 2.15 bits per heavy atom. The Hall–Kier alpha value is -0.980. The molecule has 0 radical (unpaired) electrons. The molecule has 0 heterocycles. The Labute approximate surface area is 119 Å². The van der Waals surface area contributed by atoms with Gasteiger partial charge >= 0.3 is 0 Å². The molecule has 6 heteroatoms. The molecule has 1 atom stereocenters. The highest BCUT2D eigenvalue weighted by molar-refractivity contribution is 7.89. The summed E-state index contributed by atoms with van der Waals surface area (Å²) in [6.45, 7) is 2.12. The minimum Gasteiger partial charge on any atom is -0.326 e. The smallest absolute Gasteiger partial charge is 0.243 e. The van der Waals surface area contributed by atoms with Crippen LogP contribution in [0.3, 0.4) is 0 Å². The zero-order valence-electron chi connectivity index (χ0n) is 11.6. The third-order valence-corrected chi connectivity index (χ3v) is 5.19. The molecule has 0 spiro atoms. The van der Waals surface area contributed by atoms with E-state index < -0.39 is 15.8 Å². The van der Waals surface area contributed by atoms with Crippen molar-refractivity contribution in [2.45, 2.75) is 50.1 Å². The van der Waals surface area contributed by atoms with E-state index in [9.17, 15) is 12.8 Å². The molecule has 1 aliphatic carbocycles. The van der Waals surface area contributed by atoms with E-state index in [2.05, 4.69) is 4.72 Å². The third kappa shape index (κ3) is 3.77. The SMILES string of the molecule is CCC(CC1CC1)NS(=O)(=O)c1cc(CN)ccc1F. The number of hydrogen-bond acceptors (Lipinski definition) is 3. The molecule has 0 aromatic heterocycles. The lowest BCUT2D eigenvalue weighted by molar-refractivity contribution is 0.490. The molecule has 112 valence electrons. The van der Waals surface area contributed by atoms with Crippen molar-refractivity contribution in [2.24, 2.45) is 11.7 Å². The summed E-state index contributed by atoms with van der Waals surface area (Å²) >= 11 is 0. The Kier molecular flexibility index (Phi) is 4.78. The predicted molar refractivity (Wildman–Crippen MR) is 76.0 cm³/mol. The van der Waals surface area contributed by atoms with Crippen molar-refractivity contribution < 1.29 is 12.8 Å². The largest absolute Gasteiger partial charge is 0.326 e. The standard InChI is InChI=1S/C14H21FN2O2S/c1-2-12(7-10-3-4-10)17-20(18,19)14-8-11(9-16)5-6-13(14)15/h5-6,8,10,12,17H,2-4,7,9,16H2,1H3. The average Bonchev–Trinajstić information content (AvgIpc) is 3.22. The van der Waals surface area contributed by atoms with Crippen LogP contribution in [0.25, 0.3) is 0 Å². The fourth-order valence-corrected chi connectivity index (χ4v) is 3.68. The zero-order valence-corrected chi connectivity index (χ0v) is 12.4. The lowest BCUT2D eigenvalue weighted by Crippen LogP contribution is -2.35. The van der Waals surface area contributed by atoms with Gasteiger partial charge in [0.25, 0.3) is 0 Å². The zero-order chi connectivity index (χ0) is 14.8. The lowest BCUT2D eigenvalue weighted by Gasteiger charge is -2.17. The van der Waals surface area contributed by atoms with Crippen molar-refractivity contribution in [3.05, 3.63) is 29.6 Å². The molecule has 0 aliphatic heterocycles. The molecule has 1 aliphatic rings. The second-order valence-corrected chi connectivity index (χ2v) is 7.06. The van der Waals surface area contributed by atoms with Crippen molar-refractivity contribution in [1.82, 2.24) is 4.72 Å². The highest BCUT2D eigenvalue weighted by atomic mass is 32.2. The fraction of sp³-hybridized carbons (Fsp3) is 0.571. The molecule has 1 unspecified atom stereocenters. The topological polar surface area (TPSA) is 72.2 Å². The molecular weight excluding hydrogens is 279 g/mol. The number of sulfonamides is 1. The maximum absolute atomic E-state index is 13.8. The molecular formula is C14H21FN2O2S. The van der Waals surface area contributed by atoms with E-state index in [1.54, 1.807) is 0 Å². The molecule has 1 aromatic rings. The predicted octanol–water partition coefficient (Wildman–Crippen LogP) is 2.14. The quantitative estimate of drug-likeness (QED) is 0.810. The second-order valence-electron chi connectivity index (χ2n) is 5.37. The van der Waals surface area contributed by atoms with Crippen molar-refractivity contribution in [3.8, 4) is 0 Å². The molecule has 20 heavy (non-hydrogen) atoms. The highest BCUT2D eigenvalue weighted by Gasteiger charge is 2.28. The summed E-state index contributed by atoms with van der Waals surface area (Å²) < 4.78 is 41.0. The summed E-state index contributed by atoms with van der Waals surface area (Å²) in [6, 6.07) is 3.82. The monoisotopic (exact) mass is 300 g/mol. The second kappa shape index (κ2) is 6.20. The van der Waals surface area contributed by atoms with Crippen molar-refractivity contribution in [1.29, 1.82) is 0 Å². The molecule has 2 rings (SSSR count). The first-order chi connectivity index (χ1) is 9.46. The first-order valence-electron chi connectivity index (χ1n) is 6.97. The Morgan fingerprint density at radius 1 is 1.45 bits per heavy atom. The molecule has 0 bridgehead atoms. The molecule has 1 saturated carbocycles. The first kappa shape index (κ1) is 15.4. The number of halogens is 1. The normalized spacial score (nSPS) is 17.1. The third-order valence-electron chi connectivity index (χ3n) is 3.65. The van der Waals surface area contributed by atoms with Gasteiger partial charge in [-0.1, -0.05) is 25.8 Å². The molecule has 1 fully saturated rings. The summed E-state index contributed by atoms with van der Waals surface area (Å²) in [6.07, 6.45) is 3.85. The van der Waals surface area contributed by atoms with Crippen molar-refractivity contribution >= 4 is 10.0 Å². The number of nitrogens with one attached hydrogen (secondary N) is 1. The van der Waals surface area contributed by atoms with Crippen LogP contribution in [0.5, 0.6) is 0 Å². The molecule has 4 nitrogen and oxygen atoms in total. The van der Waals surface area contributed by atoms with Gasteiger partial charge in [0.1, 0.15) is 10.7 Å². The molecule has 1 aromatic carbocycles. The van der Waals surface area contributed by atoms with E-state index in [1.807, 2.05) is 6.92 Å². The van der Waals surface area contributed by atoms with Crippen LogP contribution in [0.1, 0.15) is 38.2 Å². The van der Waals surface area contributed by atoms with Gasteiger partial charge in [0.2, 0.25) is 10.0 Å². The molecule has 0 saturated heterocycles. The summed E-state index contributed by atoms with van der Waals surface area (Å²) in [5.41, 5.74) is 6.08. The van der Waals surface area contributed by atoms with Crippen molar-refractivity contribution in [2.75, 3.05) is 0 Å². The Balaban J connectivity index is 2.19. The molecule has 3 N–H and O–H groups in total. The van der Waals surface area contributed by atoms with Gasteiger partial charge in [0.05, 0.1) is 0 Å². The van der Waals surface area contributed by atoms with Gasteiger partial charge in [-0.05, 0) is 36.5 Å². The van der Waals surface area contributed by atoms with Gasteiger partial charge in [0, 0.05) is 12.6 Å². The van der Waals surface area contributed by atoms with Crippen LogP contribution in [-0.2, 0) is 16.6 Å². The Morgan fingerprint density at radius 3 is 2.70 bits per heavy atom. The lowest BCUT2D eigenvalue weighted by atomic mass is 10.1. The average molecular weight is 300 g/mol. The first-order valence-corrected chi connectivity index (χ1v) is 8.45. The van der Waals surface area contributed by atoms with E-state index in [0.29, 0.717) is 17.9 Å². The Bertz CT molecular complexity index is 571. The number of benzene rings is 1. The van der Waals surface area contributed by atoms with Gasteiger partial charge in [-0.25, -0.2) is 17.5 Å². The summed E-state index contributed by atoms with van der Waals surface area (Å²) in [4.78, 5) is -0.310. The van der Waals surface area contributed by atoms with E-state index >= 15 is 0 Å². The van der Waals surface area contributed by atoms with Crippen LogP contribution < -0.4 is 10.5 Å². The van der Waals surface area contributed by atoms with E-state index in [0.717, 1.165) is 25.3 Å². The van der Waals surface area contributed by atoms with Crippen LogP contribution in [0.15, 0.2) is 23.1 Å². The van der Waals surface area contributed by atoms with Crippen LogP contribution in [0, 0.1) is 11.7 Å². The van der Waals surface area contributed by atoms with E-state index in [4.69, 9.17) is 5.73 Å². The van der Waals surface area contributed by atoms with Gasteiger partial charge in [-0.3, -0.25) is 0 Å². The number of rotatable bonds is 7. The van der Waals surface area contributed by atoms with Crippen molar-refractivity contribution in [3.63, 3.8) is 0 Å². The van der Waals surface area contributed by atoms with Gasteiger partial charge < -0.3 is 5.73 Å². The van der Waals surface area contributed by atoms with E-state index in [-0.39, 0.29) is 17.5 Å². The number of hydrogen-bond donors (Lipinski definition) is 2. The summed E-state index contributed by atoms with van der Waals surface area (Å²) in [7, 11) is -3.83. The minimum atomic E-state index is -3.83. The summed E-state index contributed by atoms with van der Waals surface area (Å²) in [5, 5.41) is 0. The minimum absolute atomic E-state index is 0.131. The van der Waals surface area contributed by atoms with Crippen LogP contribution in [-0.4, -0.2) is 14.5 Å². The summed E-state index contributed by atoms with van der Waals surface area (Å²) in [5.74, 6) is -0.126. The fourth-order valence-electron chi connectivity index (χ4n) is 2.22. The number of nitrogens with two attached hydrogens (primary N) is 1. The maximum Gasteiger partial charge on any atom is 0.243 e. The maximum atomic E-state index is 13.8. The highest BCUT2D eigenvalue weighted by Crippen LogP contribution is 2.34. The molecule has 0 amide bonds. The van der Waals surface area contributed by atoms with Crippen LogP contribution >= 0.6 is 0 Å². The van der Waals surface area contributed by atoms with Gasteiger partial charge in [-0.2, -0.15) is 0 Å².